The lowest BCUT2D eigenvalue weighted by atomic mass is 9.94. The topological polar surface area (TPSA) is 36.9 Å². The first-order valence-corrected chi connectivity index (χ1v) is 10.9. The molecule has 0 saturated carbocycles. The van der Waals surface area contributed by atoms with Gasteiger partial charge in [0.25, 0.3) is 0 Å². The SMILES string of the molecule is C=CCOc1ccc(C2=Cc3c(C)cc4c(c3OC2)CC=CC(C)(C)O4)c(OCC=C)c1. The maximum absolute atomic E-state index is 6.35. The summed E-state index contributed by atoms with van der Waals surface area (Å²) in [6.07, 6.45) is 10.7. The van der Waals surface area contributed by atoms with Crippen LogP contribution in [0.1, 0.15) is 36.1 Å². The van der Waals surface area contributed by atoms with Gasteiger partial charge in [-0.1, -0.05) is 31.4 Å². The molecule has 0 fully saturated rings. The van der Waals surface area contributed by atoms with Crippen LogP contribution in [0, 0.1) is 6.92 Å². The van der Waals surface area contributed by atoms with E-state index in [1.807, 2.05) is 18.2 Å². The lowest BCUT2D eigenvalue weighted by Gasteiger charge is -2.27. The molecule has 0 amide bonds. The van der Waals surface area contributed by atoms with Crippen LogP contribution >= 0.6 is 0 Å². The zero-order valence-electron chi connectivity index (χ0n) is 19.1. The quantitative estimate of drug-likeness (QED) is 0.481. The van der Waals surface area contributed by atoms with Crippen LogP contribution in [0.2, 0.25) is 0 Å². The molecule has 4 rings (SSSR count). The van der Waals surface area contributed by atoms with E-state index in [4.69, 9.17) is 18.9 Å². The van der Waals surface area contributed by atoms with Gasteiger partial charge in [-0.05, 0) is 63.1 Å². The van der Waals surface area contributed by atoms with Gasteiger partial charge in [0.1, 0.15) is 48.4 Å². The molecule has 0 spiro atoms. The molecule has 2 aromatic rings. The Kier molecular flexibility index (Phi) is 6.13. The van der Waals surface area contributed by atoms with Crippen LogP contribution in [0.15, 0.2) is 61.7 Å². The van der Waals surface area contributed by atoms with Crippen LogP contribution in [0.3, 0.4) is 0 Å². The Hall–Kier alpha value is -3.40. The standard InChI is InChI=1S/C28H30O4/c1-6-13-29-21-10-11-22(25(17-21)30-14-7-2)20-16-24-19(3)15-26-23(27(24)31-18-20)9-8-12-28(4,5)32-26/h6-8,10-12,15-17H,1-2,9,13-14,18H2,3-5H3. The van der Waals surface area contributed by atoms with Crippen LogP contribution in [0.5, 0.6) is 23.0 Å². The third-order valence-electron chi connectivity index (χ3n) is 5.52. The maximum atomic E-state index is 6.35. The van der Waals surface area contributed by atoms with E-state index in [0.717, 1.165) is 57.2 Å². The Morgan fingerprint density at radius 2 is 1.88 bits per heavy atom. The first kappa shape index (κ1) is 21.8. The summed E-state index contributed by atoms with van der Waals surface area (Å²) in [7, 11) is 0. The molecule has 0 N–H and O–H groups in total. The van der Waals surface area contributed by atoms with E-state index in [1.165, 1.54) is 0 Å². The summed E-state index contributed by atoms with van der Waals surface area (Å²) >= 11 is 0. The van der Waals surface area contributed by atoms with Crippen molar-refractivity contribution in [3.05, 3.63) is 84.0 Å². The molecule has 4 nitrogen and oxygen atoms in total. The summed E-state index contributed by atoms with van der Waals surface area (Å²) in [6, 6.07) is 7.99. The highest BCUT2D eigenvalue weighted by Crippen LogP contribution is 2.44. The third kappa shape index (κ3) is 4.45. The van der Waals surface area contributed by atoms with Gasteiger partial charge < -0.3 is 18.9 Å². The van der Waals surface area contributed by atoms with Crippen molar-refractivity contribution in [2.75, 3.05) is 19.8 Å². The molecule has 0 aromatic heterocycles. The Labute approximate surface area is 190 Å². The van der Waals surface area contributed by atoms with E-state index < -0.39 is 0 Å². The zero-order chi connectivity index (χ0) is 22.7. The summed E-state index contributed by atoms with van der Waals surface area (Å²) in [4.78, 5) is 0. The molecular formula is C28H30O4. The number of rotatable bonds is 7. The first-order chi connectivity index (χ1) is 15.4. The number of fused-ring (bicyclic) bond motifs is 3. The van der Waals surface area contributed by atoms with Crippen molar-refractivity contribution in [1.82, 2.24) is 0 Å². The molecule has 0 unspecified atom stereocenters. The molecule has 0 atom stereocenters. The van der Waals surface area contributed by atoms with Crippen LogP contribution in [-0.4, -0.2) is 25.4 Å². The molecule has 166 valence electrons. The van der Waals surface area contributed by atoms with Crippen LogP contribution in [-0.2, 0) is 6.42 Å². The molecule has 0 saturated heterocycles. The molecule has 2 aliphatic rings. The van der Waals surface area contributed by atoms with E-state index in [2.05, 4.69) is 58.2 Å². The maximum Gasteiger partial charge on any atom is 0.134 e. The third-order valence-corrected chi connectivity index (χ3v) is 5.52. The average Bonchev–Trinajstić information content (AvgIpc) is 2.93. The molecule has 4 heteroatoms. The van der Waals surface area contributed by atoms with Crippen molar-refractivity contribution < 1.29 is 18.9 Å². The highest BCUT2D eigenvalue weighted by atomic mass is 16.5. The van der Waals surface area contributed by atoms with Gasteiger partial charge >= 0.3 is 0 Å². The molecule has 2 heterocycles. The minimum absolute atomic E-state index is 0.339. The Bertz CT molecular complexity index is 1100. The van der Waals surface area contributed by atoms with Crippen molar-refractivity contribution >= 4 is 11.6 Å². The summed E-state index contributed by atoms with van der Waals surface area (Å²) in [6.45, 7) is 15.0. The number of hydrogen-bond donors (Lipinski definition) is 0. The van der Waals surface area contributed by atoms with E-state index in [-0.39, 0.29) is 5.60 Å². The molecule has 32 heavy (non-hydrogen) atoms. The molecule has 2 aromatic carbocycles. The summed E-state index contributed by atoms with van der Waals surface area (Å²) < 4.78 is 24.3. The lowest BCUT2D eigenvalue weighted by molar-refractivity contribution is 0.162. The second-order valence-electron chi connectivity index (χ2n) is 8.54. The van der Waals surface area contributed by atoms with Crippen molar-refractivity contribution in [3.8, 4) is 23.0 Å². The molecule has 2 aliphatic heterocycles. The van der Waals surface area contributed by atoms with Gasteiger partial charge in [-0.15, -0.1) is 0 Å². The highest BCUT2D eigenvalue weighted by Gasteiger charge is 2.27. The van der Waals surface area contributed by atoms with Crippen LogP contribution in [0.25, 0.3) is 11.6 Å². The smallest absolute Gasteiger partial charge is 0.134 e. The predicted octanol–water partition coefficient (Wildman–Crippen LogP) is 6.33. The first-order valence-electron chi connectivity index (χ1n) is 10.9. The number of hydrogen-bond acceptors (Lipinski definition) is 4. The fourth-order valence-electron chi connectivity index (χ4n) is 4.02. The second-order valence-corrected chi connectivity index (χ2v) is 8.54. The van der Waals surface area contributed by atoms with Gasteiger partial charge in [0.2, 0.25) is 0 Å². The normalized spacial score (nSPS) is 15.8. The summed E-state index contributed by atoms with van der Waals surface area (Å²) in [5, 5.41) is 0. The summed E-state index contributed by atoms with van der Waals surface area (Å²) in [5.74, 6) is 3.28. The van der Waals surface area contributed by atoms with Gasteiger partial charge in [-0.25, -0.2) is 0 Å². The Morgan fingerprint density at radius 1 is 1.09 bits per heavy atom. The van der Waals surface area contributed by atoms with E-state index in [9.17, 15) is 0 Å². The van der Waals surface area contributed by atoms with Gasteiger partial charge in [0.15, 0.2) is 0 Å². The molecule has 0 aliphatic carbocycles. The van der Waals surface area contributed by atoms with Gasteiger partial charge in [0.05, 0.1) is 0 Å². The molecule has 0 radical (unpaired) electrons. The molecular weight excluding hydrogens is 400 g/mol. The second kappa shape index (κ2) is 8.99. The van der Waals surface area contributed by atoms with Crippen molar-refractivity contribution in [3.63, 3.8) is 0 Å². The average molecular weight is 431 g/mol. The largest absolute Gasteiger partial charge is 0.489 e. The van der Waals surface area contributed by atoms with Crippen LogP contribution in [0.4, 0.5) is 0 Å². The van der Waals surface area contributed by atoms with Crippen molar-refractivity contribution in [2.24, 2.45) is 0 Å². The summed E-state index contributed by atoms with van der Waals surface area (Å²) in [5.41, 5.74) is 5.00. The highest BCUT2D eigenvalue weighted by molar-refractivity contribution is 5.89. The van der Waals surface area contributed by atoms with Gasteiger partial charge in [-0.2, -0.15) is 0 Å². The number of allylic oxidation sites excluding steroid dienone is 1. The fraction of sp³-hybridized carbons (Fsp3) is 0.286. The zero-order valence-corrected chi connectivity index (χ0v) is 19.1. The predicted molar refractivity (Wildman–Crippen MR) is 130 cm³/mol. The van der Waals surface area contributed by atoms with Gasteiger partial charge in [-0.3, -0.25) is 0 Å². The number of aryl methyl sites for hydroxylation is 1. The lowest BCUT2D eigenvalue weighted by Crippen LogP contribution is -2.24. The van der Waals surface area contributed by atoms with Crippen LogP contribution < -0.4 is 18.9 Å². The van der Waals surface area contributed by atoms with E-state index in [1.54, 1.807) is 12.2 Å². The molecule has 0 bridgehead atoms. The minimum atomic E-state index is -0.339. The Morgan fingerprint density at radius 3 is 2.66 bits per heavy atom. The van der Waals surface area contributed by atoms with Gasteiger partial charge in [0, 0.05) is 28.3 Å². The number of benzene rings is 2. The monoisotopic (exact) mass is 430 g/mol. The van der Waals surface area contributed by atoms with E-state index in [0.29, 0.717) is 19.8 Å². The van der Waals surface area contributed by atoms with Crippen molar-refractivity contribution in [1.29, 1.82) is 0 Å². The van der Waals surface area contributed by atoms with Crippen molar-refractivity contribution in [2.45, 2.75) is 32.8 Å². The number of ether oxygens (including phenoxy) is 4. The fourth-order valence-corrected chi connectivity index (χ4v) is 4.02. The minimum Gasteiger partial charge on any atom is -0.489 e. The Balaban J connectivity index is 1.75. The van der Waals surface area contributed by atoms with E-state index >= 15 is 0 Å².